The highest BCUT2D eigenvalue weighted by molar-refractivity contribution is 5.34. The van der Waals surface area contributed by atoms with E-state index in [1.54, 1.807) is 12.1 Å². The minimum absolute atomic E-state index is 0.286. The van der Waals surface area contributed by atoms with Crippen LogP contribution in [0, 0.1) is 5.41 Å². The maximum atomic E-state index is 12.7. The lowest BCUT2D eigenvalue weighted by atomic mass is 9.97. The lowest BCUT2D eigenvalue weighted by Crippen LogP contribution is -2.20. The van der Waals surface area contributed by atoms with Crippen molar-refractivity contribution in [2.45, 2.75) is 31.5 Å². The van der Waals surface area contributed by atoms with Crippen LogP contribution < -0.4 is 0 Å². The van der Waals surface area contributed by atoms with E-state index >= 15 is 0 Å². The molecule has 1 heterocycles. The summed E-state index contributed by atoms with van der Waals surface area (Å²) in [5.74, 6) is 0.417. The Hall–Kier alpha value is -1.81. The molecule has 0 radical (unpaired) electrons. The van der Waals surface area contributed by atoms with Gasteiger partial charge in [0.05, 0.1) is 5.56 Å². The van der Waals surface area contributed by atoms with E-state index in [-0.39, 0.29) is 5.41 Å². The van der Waals surface area contributed by atoms with Crippen LogP contribution in [0.4, 0.5) is 13.2 Å². The Morgan fingerprint density at radius 3 is 2.38 bits per heavy atom. The van der Waals surface area contributed by atoms with Gasteiger partial charge in [0.15, 0.2) is 0 Å². The normalized spacial score (nSPS) is 26.9. The average Bonchev–Trinajstić information content (AvgIpc) is 3.12. The second-order valence-corrected chi connectivity index (χ2v) is 7.19. The van der Waals surface area contributed by atoms with Gasteiger partial charge >= 0.3 is 6.18 Å². The standard InChI is InChI=1S/C20H20F3N/c21-20(22,23)17-8-6-16(7-9-17)18-12-19(18)10-11-24(14-19)13-15-4-2-1-3-5-15/h1-9,18H,10-14H2. The van der Waals surface area contributed by atoms with Crippen LogP contribution in [-0.4, -0.2) is 18.0 Å². The van der Waals surface area contributed by atoms with Crippen LogP contribution in [0.15, 0.2) is 54.6 Å². The predicted molar refractivity (Wildman–Crippen MR) is 87.6 cm³/mol. The molecule has 1 saturated heterocycles. The summed E-state index contributed by atoms with van der Waals surface area (Å²) in [7, 11) is 0. The molecule has 0 N–H and O–H groups in total. The smallest absolute Gasteiger partial charge is 0.298 e. The molecule has 1 saturated carbocycles. The number of benzene rings is 2. The molecule has 2 unspecified atom stereocenters. The van der Waals surface area contributed by atoms with Gasteiger partial charge in [-0.15, -0.1) is 0 Å². The first-order valence-electron chi connectivity index (χ1n) is 8.40. The maximum Gasteiger partial charge on any atom is 0.416 e. The van der Waals surface area contributed by atoms with Gasteiger partial charge < -0.3 is 0 Å². The summed E-state index contributed by atoms with van der Waals surface area (Å²) >= 11 is 0. The lowest BCUT2D eigenvalue weighted by molar-refractivity contribution is -0.137. The molecule has 1 spiro atoms. The fourth-order valence-corrected chi connectivity index (χ4v) is 4.14. The molecule has 4 rings (SSSR count). The average molecular weight is 331 g/mol. The van der Waals surface area contributed by atoms with Crippen molar-refractivity contribution in [2.24, 2.45) is 5.41 Å². The van der Waals surface area contributed by atoms with Crippen LogP contribution in [-0.2, 0) is 12.7 Å². The largest absolute Gasteiger partial charge is 0.416 e. The van der Waals surface area contributed by atoms with Crippen molar-refractivity contribution in [2.75, 3.05) is 13.1 Å². The highest BCUT2D eigenvalue weighted by Crippen LogP contribution is 2.64. The zero-order valence-corrected chi connectivity index (χ0v) is 13.4. The van der Waals surface area contributed by atoms with Gasteiger partial charge in [-0.3, -0.25) is 4.90 Å². The third-order valence-electron chi connectivity index (χ3n) is 5.54. The first-order chi connectivity index (χ1) is 11.5. The van der Waals surface area contributed by atoms with Crippen molar-refractivity contribution < 1.29 is 13.2 Å². The summed E-state index contributed by atoms with van der Waals surface area (Å²) in [4.78, 5) is 2.47. The van der Waals surface area contributed by atoms with Gasteiger partial charge in [0.2, 0.25) is 0 Å². The van der Waals surface area contributed by atoms with E-state index < -0.39 is 11.7 Å². The summed E-state index contributed by atoms with van der Waals surface area (Å²) in [6.45, 7) is 3.09. The Balaban J connectivity index is 1.41. The highest BCUT2D eigenvalue weighted by Gasteiger charge is 2.57. The van der Waals surface area contributed by atoms with Crippen molar-refractivity contribution >= 4 is 0 Å². The highest BCUT2D eigenvalue weighted by atomic mass is 19.4. The molecule has 1 nitrogen and oxygen atoms in total. The molecule has 2 aromatic carbocycles. The van der Waals surface area contributed by atoms with Gasteiger partial charge in [-0.25, -0.2) is 0 Å². The number of rotatable bonds is 3. The first kappa shape index (κ1) is 15.7. The summed E-state index contributed by atoms with van der Waals surface area (Å²) in [6.07, 6.45) is -2.01. The molecule has 1 aliphatic carbocycles. The van der Waals surface area contributed by atoms with Gasteiger partial charge in [0, 0.05) is 13.1 Å². The zero-order valence-electron chi connectivity index (χ0n) is 13.4. The van der Waals surface area contributed by atoms with Crippen LogP contribution in [0.1, 0.15) is 35.4 Å². The summed E-state index contributed by atoms with van der Waals surface area (Å²) in [5.41, 5.74) is 2.11. The van der Waals surface area contributed by atoms with Crippen molar-refractivity contribution in [3.63, 3.8) is 0 Å². The number of hydrogen-bond acceptors (Lipinski definition) is 1. The van der Waals surface area contributed by atoms with Crippen molar-refractivity contribution in [3.8, 4) is 0 Å². The van der Waals surface area contributed by atoms with Crippen LogP contribution >= 0.6 is 0 Å². The zero-order chi connectivity index (χ0) is 16.8. The van der Waals surface area contributed by atoms with Gasteiger partial charge in [0.1, 0.15) is 0 Å². The summed E-state index contributed by atoms with van der Waals surface area (Å²) in [5, 5.41) is 0. The van der Waals surface area contributed by atoms with E-state index in [2.05, 4.69) is 29.2 Å². The van der Waals surface area contributed by atoms with Gasteiger partial charge in [-0.2, -0.15) is 13.2 Å². The molecule has 2 aromatic rings. The SMILES string of the molecule is FC(F)(F)c1ccc(C2CC23CCN(Cc2ccccc2)C3)cc1. The predicted octanol–water partition coefficient (Wildman–Crippen LogP) is 5.09. The Labute approximate surface area is 140 Å². The van der Waals surface area contributed by atoms with Crippen molar-refractivity contribution in [1.82, 2.24) is 4.90 Å². The Morgan fingerprint density at radius 1 is 1.00 bits per heavy atom. The number of alkyl halides is 3. The van der Waals surface area contributed by atoms with Gasteiger partial charge in [-0.1, -0.05) is 42.5 Å². The van der Waals surface area contributed by atoms with Crippen molar-refractivity contribution in [3.05, 3.63) is 71.3 Å². The van der Waals surface area contributed by atoms with Gasteiger partial charge in [0.25, 0.3) is 0 Å². The molecule has 0 amide bonds. The molecule has 24 heavy (non-hydrogen) atoms. The van der Waals surface area contributed by atoms with Crippen LogP contribution in [0.2, 0.25) is 0 Å². The fraction of sp³-hybridized carbons (Fsp3) is 0.400. The first-order valence-corrected chi connectivity index (χ1v) is 8.40. The summed E-state index contributed by atoms with van der Waals surface area (Å²) in [6, 6.07) is 16.2. The lowest BCUT2D eigenvalue weighted by Gasteiger charge is -2.16. The molecule has 2 atom stereocenters. The van der Waals surface area contributed by atoms with E-state index in [0.717, 1.165) is 38.0 Å². The maximum absolute atomic E-state index is 12.7. The van der Waals surface area contributed by atoms with Crippen LogP contribution in [0.3, 0.4) is 0 Å². The second-order valence-electron chi connectivity index (χ2n) is 7.19. The fourth-order valence-electron chi connectivity index (χ4n) is 4.14. The number of likely N-dealkylation sites (tertiary alicyclic amines) is 1. The number of halogens is 3. The molecule has 0 aromatic heterocycles. The van der Waals surface area contributed by atoms with E-state index in [1.807, 2.05) is 6.07 Å². The number of hydrogen-bond donors (Lipinski definition) is 0. The molecule has 4 heteroatoms. The van der Waals surface area contributed by atoms with Crippen LogP contribution in [0.5, 0.6) is 0 Å². The minimum Gasteiger partial charge on any atom is -0.298 e. The molecule has 2 fully saturated rings. The van der Waals surface area contributed by atoms with Crippen LogP contribution in [0.25, 0.3) is 0 Å². The van der Waals surface area contributed by atoms with E-state index in [0.29, 0.717) is 5.92 Å². The van der Waals surface area contributed by atoms with E-state index in [9.17, 15) is 13.2 Å². The second kappa shape index (κ2) is 5.62. The molecule has 126 valence electrons. The Kier molecular flexibility index (Phi) is 3.68. The Bertz CT molecular complexity index is 708. The Morgan fingerprint density at radius 2 is 1.71 bits per heavy atom. The molecular formula is C20H20F3N. The topological polar surface area (TPSA) is 3.24 Å². The minimum atomic E-state index is -4.25. The van der Waals surface area contributed by atoms with Crippen molar-refractivity contribution in [1.29, 1.82) is 0 Å². The third kappa shape index (κ3) is 2.95. The summed E-state index contributed by atoms with van der Waals surface area (Å²) < 4.78 is 38.0. The monoisotopic (exact) mass is 331 g/mol. The molecule has 2 aliphatic rings. The van der Waals surface area contributed by atoms with E-state index in [1.165, 1.54) is 17.7 Å². The third-order valence-corrected chi connectivity index (χ3v) is 5.54. The number of nitrogens with zero attached hydrogens (tertiary/aromatic N) is 1. The van der Waals surface area contributed by atoms with Gasteiger partial charge in [-0.05, 0) is 54.0 Å². The molecular weight excluding hydrogens is 311 g/mol. The molecule has 0 bridgehead atoms. The quantitative estimate of drug-likeness (QED) is 0.758. The van der Waals surface area contributed by atoms with E-state index in [4.69, 9.17) is 0 Å². The molecule has 1 aliphatic heterocycles.